The number of carboxylic acids is 1. The molecule has 1 aliphatic heterocycles. The number of nitrogens with zero attached hydrogens (tertiary/aromatic N) is 1. The van der Waals surface area contributed by atoms with E-state index in [1.54, 1.807) is 0 Å². The van der Waals surface area contributed by atoms with E-state index >= 15 is 0 Å². The molecule has 0 spiro atoms. The van der Waals surface area contributed by atoms with Crippen molar-refractivity contribution in [1.29, 1.82) is 0 Å². The quantitative estimate of drug-likeness (QED) is 0.160. The molecule has 0 saturated heterocycles. The fraction of sp³-hybridized carbons (Fsp3) is 0.325. The number of ether oxygens (including phenoxy) is 2. The zero-order valence-electron chi connectivity index (χ0n) is 28.1. The summed E-state index contributed by atoms with van der Waals surface area (Å²) in [6, 6.07) is 29.0. The topological polar surface area (TPSA) is 105 Å². The summed E-state index contributed by atoms with van der Waals surface area (Å²) in [4.78, 5) is 40.8. The first kappa shape index (κ1) is 34.2. The first-order valence-electron chi connectivity index (χ1n) is 16.5. The number of nitrogens with one attached hydrogen (secondary N) is 1. The van der Waals surface area contributed by atoms with E-state index in [0.717, 1.165) is 34.2 Å². The van der Waals surface area contributed by atoms with Crippen LogP contribution in [0.2, 0.25) is 0 Å². The monoisotopic (exact) mass is 648 g/mol. The van der Waals surface area contributed by atoms with Crippen LogP contribution >= 0.6 is 0 Å². The Kier molecular flexibility index (Phi) is 10.8. The predicted octanol–water partition coefficient (Wildman–Crippen LogP) is 7.92. The van der Waals surface area contributed by atoms with Gasteiger partial charge in [0.25, 0.3) is 0 Å². The molecular formula is C40H44N2O6. The molecule has 2 amide bonds. The van der Waals surface area contributed by atoms with Gasteiger partial charge in [0, 0.05) is 12.8 Å². The van der Waals surface area contributed by atoms with Crippen molar-refractivity contribution >= 4 is 18.0 Å². The molecular weight excluding hydrogens is 604 g/mol. The summed E-state index contributed by atoms with van der Waals surface area (Å²) < 4.78 is 11.7. The molecule has 4 aromatic rings. The van der Waals surface area contributed by atoms with Crippen LogP contribution in [0.25, 0.3) is 11.1 Å². The average Bonchev–Trinajstić information content (AvgIpc) is 3.08. The normalized spacial score (nSPS) is 14.8. The molecule has 8 nitrogen and oxygen atoms in total. The van der Waals surface area contributed by atoms with Crippen LogP contribution in [-0.2, 0) is 39.1 Å². The van der Waals surface area contributed by atoms with Gasteiger partial charge in [-0.25, -0.2) is 9.59 Å². The largest absolute Gasteiger partial charge is 0.480 e. The second kappa shape index (κ2) is 15.2. The first-order chi connectivity index (χ1) is 23.0. The summed E-state index contributed by atoms with van der Waals surface area (Å²) >= 11 is 0. The Morgan fingerprint density at radius 3 is 2.19 bits per heavy atom. The summed E-state index contributed by atoms with van der Waals surface area (Å²) in [7, 11) is 0. The molecule has 250 valence electrons. The number of unbranched alkanes of at least 4 members (excludes halogenated alkanes) is 1. The smallest absolute Gasteiger partial charge is 0.410 e. The zero-order valence-corrected chi connectivity index (χ0v) is 28.1. The van der Waals surface area contributed by atoms with Gasteiger partial charge in [0.15, 0.2) is 0 Å². The van der Waals surface area contributed by atoms with E-state index in [-0.39, 0.29) is 31.4 Å². The summed E-state index contributed by atoms with van der Waals surface area (Å²) in [5.74, 6) is -0.383. The van der Waals surface area contributed by atoms with E-state index in [1.165, 1.54) is 10.5 Å². The van der Waals surface area contributed by atoms with Gasteiger partial charge >= 0.3 is 12.1 Å². The highest BCUT2D eigenvalue weighted by atomic mass is 16.6. The molecule has 5 rings (SSSR count). The standard InChI is InChI=1S/C40H44N2O6/c1-5-6-22-47-39(46)42-26-31-24-34(48-33-20-17-32(18-21-33)40(2,3)4)19-16-30(31)25-36(42)37(43)41-35(38(44)45)23-27-12-14-29(15-13-27)28-10-8-7-9-11-28/h7-21,24,35-36H,5-6,22-23,25-26H2,1-4H3,(H,41,43)(H,44,45)/t35?,36-/m0/s1. The van der Waals surface area contributed by atoms with E-state index in [2.05, 4.69) is 38.2 Å². The van der Waals surface area contributed by atoms with Gasteiger partial charge in [0.05, 0.1) is 13.2 Å². The molecule has 0 saturated carbocycles. The highest BCUT2D eigenvalue weighted by Gasteiger charge is 2.37. The van der Waals surface area contributed by atoms with Crippen LogP contribution in [0.5, 0.6) is 11.5 Å². The lowest BCUT2D eigenvalue weighted by atomic mass is 9.87. The Balaban J connectivity index is 1.32. The van der Waals surface area contributed by atoms with Crippen LogP contribution in [0.4, 0.5) is 4.79 Å². The second-order valence-corrected chi connectivity index (χ2v) is 13.3. The second-order valence-electron chi connectivity index (χ2n) is 13.3. The van der Waals surface area contributed by atoms with Crippen molar-refractivity contribution in [3.63, 3.8) is 0 Å². The van der Waals surface area contributed by atoms with Crippen molar-refractivity contribution in [3.05, 3.63) is 119 Å². The van der Waals surface area contributed by atoms with Crippen molar-refractivity contribution in [3.8, 4) is 22.6 Å². The predicted molar refractivity (Wildman–Crippen MR) is 186 cm³/mol. The Hall–Kier alpha value is -5.11. The van der Waals surface area contributed by atoms with Crippen molar-refractivity contribution in [2.24, 2.45) is 0 Å². The molecule has 0 bridgehead atoms. The maximum Gasteiger partial charge on any atom is 0.410 e. The lowest BCUT2D eigenvalue weighted by molar-refractivity contribution is -0.142. The van der Waals surface area contributed by atoms with E-state index in [4.69, 9.17) is 9.47 Å². The molecule has 4 aromatic carbocycles. The lowest BCUT2D eigenvalue weighted by Gasteiger charge is -2.36. The van der Waals surface area contributed by atoms with Crippen LogP contribution in [0, 0.1) is 0 Å². The molecule has 0 aromatic heterocycles. The van der Waals surface area contributed by atoms with Crippen molar-refractivity contribution in [2.75, 3.05) is 6.61 Å². The third kappa shape index (κ3) is 8.62. The van der Waals surface area contributed by atoms with Crippen molar-refractivity contribution in [2.45, 2.75) is 77.4 Å². The summed E-state index contributed by atoms with van der Waals surface area (Å²) in [5.41, 5.74) is 5.79. The Labute approximate surface area is 282 Å². The minimum Gasteiger partial charge on any atom is -0.480 e. The van der Waals surface area contributed by atoms with Crippen LogP contribution in [0.3, 0.4) is 0 Å². The van der Waals surface area contributed by atoms with Gasteiger partial charge in [-0.05, 0) is 69.5 Å². The maximum absolute atomic E-state index is 13.8. The molecule has 1 heterocycles. The Morgan fingerprint density at radius 1 is 0.875 bits per heavy atom. The number of benzene rings is 4. The number of aliphatic carboxylic acids is 1. The van der Waals surface area contributed by atoms with E-state index in [0.29, 0.717) is 17.9 Å². The van der Waals surface area contributed by atoms with Crippen LogP contribution in [0.15, 0.2) is 97.1 Å². The van der Waals surface area contributed by atoms with Crippen molar-refractivity contribution in [1.82, 2.24) is 10.2 Å². The van der Waals surface area contributed by atoms with Gasteiger partial charge in [-0.1, -0.05) is 107 Å². The van der Waals surface area contributed by atoms with Crippen LogP contribution in [-0.4, -0.2) is 46.7 Å². The van der Waals surface area contributed by atoms with E-state index in [1.807, 2.05) is 91.9 Å². The van der Waals surface area contributed by atoms with Crippen LogP contribution in [0.1, 0.15) is 62.8 Å². The SMILES string of the molecule is CCCCOC(=O)N1Cc2cc(Oc3ccc(C(C)(C)C)cc3)ccc2C[C@H]1C(=O)NC(Cc1ccc(-c2ccccc2)cc1)C(=O)O. The lowest BCUT2D eigenvalue weighted by Crippen LogP contribution is -2.56. The molecule has 0 radical (unpaired) electrons. The van der Waals surface area contributed by atoms with Crippen molar-refractivity contribution < 1.29 is 29.0 Å². The van der Waals surface area contributed by atoms with Gasteiger partial charge in [-0.15, -0.1) is 0 Å². The van der Waals surface area contributed by atoms with Gasteiger partial charge in [0.1, 0.15) is 23.6 Å². The molecule has 0 fully saturated rings. The summed E-state index contributed by atoms with van der Waals surface area (Å²) in [5, 5.41) is 12.8. The molecule has 2 N–H and O–H groups in total. The zero-order chi connectivity index (χ0) is 34.3. The van der Waals surface area contributed by atoms with Gasteiger partial charge in [-0.2, -0.15) is 0 Å². The third-order valence-corrected chi connectivity index (χ3v) is 8.64. The number of hydrogen-bond donors (Lipinski definition) is 2. The number of carbonyl (C=O) groups is 3. The third-order valence-electron chi connectivity index (χ3n) is 8.64. The van der Waals surface area contributed by atoms with E-state index in [9.17, 15) is 19.5 Å². The number of rotatable bonds is 11. The maximum atomic E-state index is 13.8. The number of hydrogen-bond acceptors (Lipinski definition) is 5. The van der Waals surface area contributed by atoms with Gasteiger partial charge in [0.2, 0.25) is 5.91 Å². The fourth-order valence-electron chi connectivity index (χ4n) is 5.76. The molecule has 1 unspecified atom stereocenters. The fourth-order valence-corrected chi connectivity index (χ4v) is 5.76. The molecule has 8 heteroatoms. The molecule has 2 atom stereocenters. The Bertz CT molecular complexity index is 1710. The first-order valence-corrected chi connectivity index (χ1v) is 16.5. The molecule has 1 aliphatic rings. The number of carboxylic acid groups (broad SMARTS) is 1. The minimum absolute atomic E-state index is 0.0288. The molecule has 48 heavy (non-hydrogen) atoms. The Morgan fingerprint density at radius 2 is 1.54 bits per heavy atom. The number of fused-ring (bicyclic) bond motifs is 1. The minimum atomic E-state index is -1.18. The number of amides is 2. The highest BCUT2D eigenvalue weighted by Crippen LogP contribution is 2.32. The van der Waals surface area contributed by atoms with Crippen LogP contribution < -0.4 is 10.1 Å². The van der Waals surface area contributed by atoms with Gasteiger partial charge < -0.3 is 19.9 Å². The highest BCUT2D eigenvalue weighted by molar-refractivity contribution is 5.90. The van der Waals surface area contributed by atoms with Gasteiger partial charge in [-0.3, -0.25) is 9.69 Å². The van der Waals surface area contributed by atoms with E-state index < -0.39 is 30.1 Å². The average molecular weight is 649 g/mol. The number of carbonyl (C=O) groups excluding carboxylic acids is 2. The summed E-state index contributed by atoms with van der Waals surface area (Å²) in [6.07, 6.45) is 1.25. The summed E-state index contributed by atoms with van der Waals surface area (Å²) in [6.45, 7) is 8.83. The molecule has 0 aliphatic carbocycles.